The molecular weight excluding hydrogens is 375 g/mol. The van der Waals surface area contributed by atoms with E-state index in [4.69, 9.17) is 15.3 Å². The molecule has 146 valence electrons. The molecule has 2 N–H and O–H groups in total. The van der Waals surface area contributed by atoms with Crippen LogP contribution in [0, 0.1) is 0 Å². The van der Waals surface area contributed by atoms with Crippen molar-refractivity contribution in [3.05, 3.63) is 59.2 Å². The average molecular weight is 390 g/mol. The largest absolute Gasteiger partial charge is 0.493 e. The highest BCUT2D eigenvalue weighted by Gasteiger charge is 2.29. The summed E-state index contributed by atoms with van der Waals surface area (Å²) in [5.41, 5.74) is 5.75. The van der Waals surface area contributed by atoms with E-state index in [0.29, 0.717) is 11.1 Å². The Morgan fingerprint density at radius 1 is 1.07 bits per heavy atom. The van der Waals surface area contributed by atoms with Gasteiger partial charge in [-0.3, -0.25) is 0 Å². The molecule has 27 heavy (non-hydrogen) atoms. The van der Waals surface area contributed by atoms with E-state index in [9.17, 15) is 22.0 Å². The van der Waals surface area contributed by atoms with Crippen LogP contribution in [0.3, 0.4) is 0 Å². The number of oxime groups is 1. The molecule has 0 bridgehead atoms. The van der Waals surface area contributed by atoms with Gasteiger partial charge in [0.05, 0.1) is 12.7 Å². The van der Waals surface area contributed by atoms with E-state index in [1.54, 1.807) is 0 Å². The predicted octanol–water partition coefficient (Wildman–Crippen LogP) is 4.15. The van der Waals surface area contributed by atoms with Crippen molar-refractivity contribution in [3.8, 4) is 11.5 Å². The second kappa shape index (κ2) is 8.56. The van der Waals surface area contributed by atoms with Crippen molar-refractivity contribution in [2.75, 3.05) is 7.11 Å². The van der Waals surface area contributed by atoms with Crippen LogP contribution in [0.15, 0.2) is 47.6 Å². The average Bonchev–Trinajstić information content (AvgIpc) is 2.61. The van der Waals surface area contributed by atoms with E-state index in [0.717, 1.165) is 12.1 Å². The van der Waals surface area contributed by atoms with E-state index in [2.05, 4.69) is 9.89 Å². The number of alkyl halides is 5. The normalized spacial score (nSPS) is 12.2. The van der Waals surface area contributed by atoms with Gasteiger partial charge >= 0.3 is 12.8 Å². The van der Waals surface area contributed by atoms with E-state index >= 15 is 0 Å². The van der Waals surface area contributed by atoms with Gasteiger partial charge in [0.2, 0.25) is 0 Å². The molecule has 0 amide bonds. The first-order valence-corrected chi connectivity index (χ1v) is 7.45. The molecule has 0 atom stereocenters. The lowest BCUT2D eigenvalue weighted by atomic mass is 10.1. The van der Waals surface area contributed by atoms with Gasteiger partial charge in [-0.05, 0) is 35.9 Å². The minimum Gasteiger partial charge on any atom is -0.493 e. The Hall–Kier alpha value is -3.04. The second-order valence-electron chi connectivity index (χ2n) is 5.19. The number of ether oxygens (including phenoxy) is 2. The smallest absolute Gasteiger partial charge is 0.416 e. The first-order chi connectivity index (χ1) is 12.7. The molecule has 0 aliphatic carbocycles. The van der Waals surface area contributed by atoms with Gasteiger partial charge in [-0.2, -0.15) is 22.0 Å². The number of nitrogens with zero attached hydrogens (tertiary/aromatic N) is 1. The summed E-state index contributed by atoms with van der Waals surface area (Å²) in [4.78, 5) is 5.02. The Bertz CT molecular complexity index is 792. The minimum absolute atomic E-state index is 0.0219. The first-order valence-electron chi connectivity index (χ1n) is 7.45. The molecule has 10 heteroatoms. The molecule has 0 saturated carbocycles. The third kappa shape index (κ3) is 5.73. The minimum atomic E-state index is -4.42. The lowest BCUT2D eigenvalue weighted by Crippen LogP contribution is -2.14. The number of hydrogen-bond acceptors (Lipinski definition) is 4. The number of amidine groups is 1. The highest BCUT2D eigenvalue weighted by molar-refractivity contribution is 5.97. The summed E-state index contributed by atoms with van der Waals surface area (Å²) < 4.78 is 71.3. The SMILES string of the molecule is COc1cc(/C(N)=N/OCc2ccc(C(F)(F)F)cc2)ccc1OC(F)F. The Morgan fingerprint density at radius 3 is 2.30 bits per heavy atom. The van der Waals surface area contributed by atoms with E-state index in [1.165, 1.54) is 37.4 Å². The Morgan fingerprint density at radius 2 is 1.74 bits per heavy atom. The summed E-state index contributed by atoms with van der Waals surface area (Å²) >= 11 is 0. The molecule has 0 spiro atoms. The van der Waals surface area contributed by atoms with Crippen LogP contribution in [0.25, 0.3) is 0 Å². The first kappa shape index (κ1) is 20.3. The molecule has 0 fully saturated rings. The van der Waals surface area contributed by atoms with Crippen LogP contribution < -0.4 is 15.2 Å². The third-order valence-corrected chi connectivity index (χ3v) is 3.35. The monoisotopic (exact) mass is 390 g/mol. The molecule has 0 aliphatic rings. The van der Waals surface area contributed by atoms with Crippen LogP contribution >= 0.6 is 0 Å². The van der Waals surface area contributed by atoms with Gasteiger partial charge in [-0.25, -0.2) is 0 Å². The predicted molar refractivity (Wildman–Crippen MR) is 86.6 cm³/mol. The van der Waals surface area contributed by atoms with Gasteiger partial charge in [0.1, 0.15) is 6.61 Å². The van der Waals surface area contributed by atoms with Crippen LogP contribution in [0.2, 0.25) is 0 Å². The van der Waals surface area contributed by atoms with Gasteiger partial charge in [0.25, 0.3) is 0 Å². The zero-order chi connectivity index (χ0) is 20.0. The summed E-state index contributed by atoms with van der Waals surface area (Å²) in [6.07, 6.45) is -4.42. The van der Waals surface area contributed by atoms with Crippen LogP contribution in [-0.4, -0.2) is 19.6 Å². The molecule has 2 aromatic rings. The van der Waals surface area contributed by atoms with Crippen molar-refractivity contribution < 1.29 is 36.3 Å². The third-order valence-electron chi connectivity index (χ3n) is 3.35. The fourth-order valence-electron chi connectivity index (χ4n) is 2.04. The van der Waals surface area contributed by atoms with Gasteiger partial charge in [-0.15, -0.1) is 0 Å². The number of halogens is 5. The van der Waals surface area contributed by atoms with E-state index < -0.39 is 18.4 Å². The molecule has 0 aliphatic heterocycles. The zero-order valence-electron chi connectivity index (χ0n) is 14.0. The number of methoxy groups -OCH3 is 1. The topological polar surface area (TPSA) is 66.1 Å². The quantitative estimate of drug-likeness (QED) is 0.334. The highest BCUT2D eigenvalue weighted by Crippen LogP contribution is 2.30. The Balaban J connectivity index is 2.03. The Labute approximate surface area is 151 Å². The van der Waals surface area contributed by atoms with Gasteiger partial charge in [0, 0.05) is 5.56 Å². The lowest BCUT2D eigenvalue weighted by Gasteiger charge is -2.11. The molecule has 0 radical (unpaired) electrons. The van der Waals surface area contributed by atoms with E-state index in [1.807, 2.05) is 0 Å². The van der Waals surface area contributed by atoms with Crippen molar-refractivity contribution in [2.24, 2.45) is 10.9 Å². The zero-order valence-corrected chi connectivity index (χ0v) is 14.0. The maximum atomic E-state index is 12.5. The number of rotatable bonds is 7. The molecule has 0 unspecified atom stereocenters. The molecular formula is C17H15F5N2O3. The van der Waals surface area contributed by atoms with Crippen LogP contribution in [0.1, 0.15) is 16.7 Å². The summed E-state index contributed by atoms with van der Waals surface area (Å²) in [6, 6.07) is 8.32. The fraction of sp³-hybridized carbons (Fsp3) is 0.235. The second-order valence-corrected chi connectivity index (χ2v) is 5.19. The summed E-state index contributed by atoms with van der Waals surface area (Å²) in [6.45, 7) is -3.12. The molecule has 0 aromatic heterocycles. The highest BCUT2D eigenvalue weighted by atomic mass is 19.4. The maximum Gasteiger partial charge on any atom is 0.416 e. The molecule has 0 heterocycles. The molecule has 0 saturated heterocycles. The maximum absolute atomic E-state index is 12.5. The number of nitrogens with two attached hydrogens (primary N) is 1. The molecule has 2 rings (SSSR count). The van der Waals surface area contributed by atoms with Crippen molar-refractivity contribution in [1.29, 1.82) is 0 Å². The van der Waals surface area contributed by atoms with Crippen molar-refractivity contribution in [3.63, 3.8) is 0 Å². The number of hydrogen-bond donors (Lipinski definition) is 1. The fourth-order valence-corrected chi connectivity index (χ4v) is 2.04. The summed E-state index contributed by atoms with van der Waals surface area (Å²) in [5.74, 6) is -0.229. The summed E-state index contributed by atoms with van der Waals surface area (Å²) in [5, 5.41) is 3.65. The molecule has 2 aromatic carbocycles. The standard InChI is InChI=1S/C17H15F5N2O3/c1-25-14-8-11(4-7-13(14)27-16(18)19)15(23)24-26-9-10-2-5-12(6-3-10)17(20,21)22/h2-8,16H,9H2,1H3,(H2,23,24). The van der Waals surface area contributed by atoms with Crippen LogP contribution in [0.4, 0.5) is 22.0 Å². The van der Waals surface area contributed by atoms with Crippen molar-refractivity contribution >= 4 is 5.84 Å². The van der Waals surface area contributed by atoms with Gasteiger partial charge in [-0.1, -0.05) is 17.3 Å². The van der Waals surface area contributed by atoms with Gasteiger partial charge < -0.3 is 20.0 Å². The van der Waals surface area contributed by atoms with Gasteiger partial charge in [0.15, 0.2) is 17.3 Å². The lowest BCUT2D eigenvalue weighted by molar-refractivity contribution is -0.137. The summed E-state index contributed by atoms with van der Waals surface area (Å²) in [7, 11) is 1.27. The van der Waals surface area contributed by atoms with Crippen molar-refractivity contribution in [2.45, 2.75) is 19.4 Å². The van der Waals surface area contributed by atoms with Crippen molar-refractivity contribution in [1.82, 2.24) is 0 Å². The van der Waals surface area contributed by atoms with Crippen LogP contribution in [-0.2, 0) is 17.6 Å². The Kier molecular flexibility index (Phi) is 6.43. The van der Waals surface area contributed by atoms with E-state index in [-0.39, 0.29) is 23.9 Å². The van der Waals surface area contributed by atoms with Crippen LogP contribution in [0.5, 0.6) is 11.5 Å². The number of benzene rings is 2. The molecule has 5 nitrogen and oxygen atoms in total.